The summed E-state index contributed by atoms with van der Waals surface area (Å²) in [6, 6.07) is 11.4. The Balaban J connectivity index is 2.03. The van der Waals surface area contributed by atoms with Crippen LogP contribution in [0.2, 0.25) is 0 Å². The molecule has 1 saturated heterocycles. The molecule has 1 aliphatic heterocycles. The Morgan fingerprint density at radius 3 is 2.50 bits per heavy atom. The number of pyridine rings is 1. The number of benzene rings is 1. The quantitative estimate of drug-likeness (QED) is 0.410. The second-order valence-electron chi connectivity index (χ2n) is 7.42. The van der Waals surface area contributed by atoms with E-state index in [1.165, 1.54) is 4.90 Å². The zero-order chi connectivity index (χ0) is 21.7. The van der Waals surface area contributed by atoms with Crippen LogP contribution >= 0.6 is 0 Å². The summed E-state index contributed by atoms with van der Waals surface area (Å²) in [4.78, 5) is 33.4. The maximum Gasteiger partial charge on any atom is 0.295 e. The molecule has 158 valence electrons. The molecule has 2 aromatic rings. The topological polar surface area (TPSA) is 83.0 Å². The molecular formula is C23H27N3O4. The minimum Gasteiger partial charge on any atom is -0.507 e. The molecule has 7 nitrogen and oxygen atoms in total. The molecule has 1 amide bonds. The molecule has 1 aliphatic rings. The molecule has 0 bridgehead atoms. The van der Waals surface area contributed by atoms with E-state index in [2.05, 4.69) is 4.98 Å². The second-order valence-corrected chi connectivity index (χ2v) is 7.42. The summed E-state index contributed by atoms with van der Waals surface area (Å²) in [5.41, 5.74) is 1.05. The third kappa shape index (κ3) is 4.52. The summed E-state index contributed by atoms with van der Waals surface area (Å²) in [6.07, 6.45) is 2.50. The number of likely N-dealkylation sites (N-methyl/N-ethyl adjacent to an activating group) is 1. The second kappa shape index (κ2) is 9.54. The van der Waals surface area contributed by atoms with Gasteiger partial charge in [0.15, 0.2) is 0 Å². The van der Waals surface area contributed by atoms with E-state index in [0.717, 1.165) is 6.42 Å². The molecule has 0 radical (unpaired) electrons. The number of hydrogen-bond donors (Lipinski definition) is 1. The maximum absolute atomic E-state index is 12.9. The number of carbonyl (C=O) groups excluding carboxylic acids is 2. The highest BCUT2D eigenvalue weighted by Crippen LogP contribution is 2.38. The van der Waals surface area contributed by atoms with Gasteiger partial charge < -0.3 is 19.6 Å². The number of nitrogens with zero attached hydrogens (tertiary/aromatic N) is 3. The number of carbonyl (C=O) groups is 2. The fourth-order valence-corrected chi connectivity index (χ4v) is 3.35. The highest BCUT2D eigenvalue weighted by molar-refractivity contribution is 6.46. The zero-order valence-corrected chi connectivity index (χ0v) is 17.5. The van der Waals surface area contributed by atoms with Crippen molar-refractivity contribution >= 4 is 17.4 Å². The van der Waals surface area contributed by atoms with Crippen molar-refractivity contribution in [2.24, 2.45) is 0 Å². The molecule has 2 heterocycles. The van der Waals surface area contributed by atoms with Crippen molar-refractivity contribution in [1.29, 1.82) is 0 Å². The SMILES string of the molecule is CCCOc1ccc(/C(O)=C2\C(=O)C(=O)N(CCN(C)C)C2c2ccccn2)cc1. The number of aliphatic hydroxyl groups is 1. The number of amides is 1. The first-order valence-corrected chi connectivity index (χ1v) is 10.0. The van der Waals surface area contributed by atoms with E-state index in [1.807, 2.05) is 25.9 Å². The zero-order valence-electron chi connectivity index (χ0n) is 17.5. The van der Waals surface area contributed by atoms with Crippen LogP contribution in [0.4, 0.5) is 0 Å². The van der Waals surface area contributed by atoms with E-state index in [9.17, 15) is 14.7 Å². The fourth-order valence-electron chi connectivity index (χ4n) is 3.35. The van der Waals surface area contributed by atoms with Gasteiger partial charge in [0.1, 0.15) is 17.6 Å². The molecule has 30 heavy (non-hydrogen) atoms. The lowest BCUT2D eigenvalue weighted by Crippen LogP contribution is -2.35. The van der Waals surface area contributed by atoms with Crippen LogP contribution in [0.1, 0.15) is 30.6 Å². The summed E-state index contributed by atoms with van der Waals surface area (Å²) in [7, 11) is 3.79. The molecule has 3 rings (SSSR count). The monoisotopic (exact) mass is 409 g/mol. The molecule has 0 spiro atoms. The van der Waals surface area contributed by atoms with Crippen LogP contribution in [0, 0.1) is 0 Å². The van der Waals surface area contributed by atoms with Gasteiger partial charge in [-0.1, -0.05) is 13.0 Å². The summed E-state index contributed by atoms with van der Waals surface area (Å²) in [5.74, 6) is -0.857. The number of ether oxygens (including phenoxy) is 1. The first kappa shape index (κ1) is 21.5. The number of aromatic nitrogens is 1. The van der Waals surface area contributed by atoms with Crippen LogP contribution in [0.3, 0.4) is 0 Å². The van der Waals surface area contributed by atoms with Crippen molar-refractivity contribution in [3.63, 3.8) is 0 Å². The van der Waals surface area contributed by atoms with E-state index in [-0.39, 0.29) is 11.3 Å². The number of aliphatic hydroxyl groups excluding tert-OH is 1. The van der Waals surface area contributed by atoms with Crippen molar-refractivity contribution in [2.45, 2.75) is 19.4 Å². The van der Waals surface area contributed by atoms with Gasteiger partial charge in [0, 0.05) is 24.8 Å². The van der Waals surface area contributed by atoms with Crippen molar-refractivity contribution in [3.8, 4) is 5.75 Å². The molecule has 0 aliphatic carbocycles. The molecule has 1 atom stereocenters. The smallest absolute Gasteiger partial charge is 0.295 e. The summed E-state index contributed by atoms with van der Waals surface area (Å²) in [6.45, 7) is 3.55. The van der Waals surface area contributed by atoms with Crippen LogP contribution in [-0.4, -0.2) is 65.4 Å². The van der Waals surface area contributed by atoms with E-state index in [1.54, 1.807) is 48.7 Å². The number of rotatable bonds is 8. The Hall–Kier alpha value is -3.19. The number of likely N-dealkylation sites (tertiary alicyclic amines) is 1. The van der Waals surface area contributed by atoms with Gasteiger partial charge in [0.2, 0.25) is 0 Å². The van der Waals surface area contributed by atoms with Crippen molar-refractivity contribution in [3.05, 3.63) is 65.5 Å². The average molecular weight is 409 g/mol. The molecule has 0 saturated carbocycles. The number of ketones is 1. The third-order valence-electron chi connectivity index (χ3n) is 4.90. The lowest BCUT2D eigenvalue weighted by molar-refractivity contribution is -0.140. The summed E-state index contributed by atoms with van der Waals surface area (Å²) >= 11 is 0. The highest BCUT2D eigenvalue weighted by atomic mass is 16.5. The van der Waals surface area contributed by atoms with E-state index >= 15 is 0 Å². The summed E-state index contributed by atoms with van der Waals surface area (Å²) in [5, 5.41) is 11.0. The molecule has 1 fully saturated rings. The molecule has 1 N–H and O–H groups in total. The lowest BCUT2D eigenvalue weighted by atomic mass is 9.98. The first-order chi connectivity index (χ1) is 14.4. The molecule has 1 aromatic heterocycles. The Kier molecular flexibility index (Phi) is 6.84. The van der Waals surface area contributed by atoms with Gasteiger partial charge in [-0.25, -0.2) is 0 Å². The lowest BCUT2D eigenvalue weighted by Gasteiger charge is -2.25. The van der Waals surface area contributed by atoms with E-state index < -0.39 is 17.7 Å². The van der Waals surface area contributed by atoms with Crippen molar-refractivity contribution in [2.75, 3.05) is 33.8 Å². The van der Waals surface area contributed by atoms with Gasteiger partial charge >= 0.3 is 0 Å². The van der Waals surface area contributed by atoms with E-state index in [0.29, 0.717) is 36.7 Å². The van der Waals surface area contributed by atoms with Crippen molar-refractivity contribution in [1.82, 2.24) is 14.8 Å². The van der Waals surface area contributed by atoms with Crippen LogP contribution in [0.5, 0.6) is 5.75 Å². The van der Waals surface area contributed by atoms with Gasteiger partial charge in [0.25, 0.3) is 11.7 Å². The predicted octanol–water partition coefficient (Wildman–Crippen LogP) is 2.85. The average Bonchev–Trinajstić information content (AvgIpc) is 3.01. The largest absolute Gasteiger partial charge is 0.507 e. The Labute approximate surface area is 176 Å². The predicted molar refractivity (Wildman–Crippen MR) is 114 cm³/mol. The van der Waals surface area contributed by atoms with Gasteiger partial charge in [-0.05, 0) is 56.9 Å². The molecule has 1 aromatic carbocycles. The van der Waals surface area contributed by atoms with Crippen LogP contribution in [0.25, 0.3) is 5.76 Å². The highest BCUT2D eigenvalue weighted by Gasteiger charge is 2.46. The third-order valence-corrected chi connectivity index (χ3v) is 4.90. The minimum atomic E-state index is -0.734. The Morgan fingerprint density at radius 2 is 1.90 bits per heavy atom. The fraction of sp³-hybridized carbons (Fsp3) is 0.348. The van der Waals surface area contributed by atoms with Gasteiger partial charge in [-0.3, -0.25) is 14.6 Å². The van der Waals surface area contributed by atoms with Gasteiger partial charge in [-0.15, -0.1) is 0 Å². The molecule has 7 heteroatoms. The minimum absolute atomic E-state index is 0.0553. The molecular weight excluding hydrogens is 382 g/mol. The van der Waals surface area contributed by atoms with Crippen molar-refractivity contribution < 1.29 is 19.4 Å². The van der Waals surface area contributed by atoms with Crippen LogP contribution in [-0.2, 0) is 9.59 Å². The Morgan fingerprint density at radius 1 is 1.17 bits per heavy atom. The first-order valence-electron chi connectivity index (χ1n) is 10.0. The normalized spacial score (nSPS) is 18.3. The number of hydrogen-bond acceptors (Lipinski definition) is 6. The standard InChI is InChI=1S/C23H27N3O4/c1-4-15-30-17-10-8-16(9-11-17)21(27)19-20(18-7-5-6-12-24-18)26(14-13-25(2)3)23(29)22(19)28/h5-12,20,27H,4,13-15H2,1-3H3/b21-19+. The van der Waals surface area contributed by atoms with Gasteiger partial charge in [-0.2, -0.15) is 0 Å². The van der Waals surface area contributed by atoms with Gasteiger partial charge in [0.05, 0.1) is 17.9 Å². The summed E-state index contributed by atoms with van der Waals surface area (Å²) < 4.78 is 5.57. The van der Waals surface area contributed by atoms with Crippen LogP contribution in [0.15, 0.2) is 54.2 Å². The van der Waals surface area contributed by atoms with E-state index in [4.69, 9.17) is 4.74 Å². The molecule has 1 unspecified atom stereocenters. The van der Waals surface area contributed by atoms with Crippen LogP contribution < -0.4 is 4.74 Å². The maximum atomic E-state index is 12.9. The Bertz CT molecular complexity index is 923. The number of Topliss-reactive ketones (excluding diaryl/α,β-unsaturated/α-hetero) is 1.